The number of H-pyrrole nitrogens is 1. The van der Waals surface area contributed by atoms with Gasteiger partial charge in [-0.05, 0) is 48.6 Å². The van der Waals surface area contributed by atoms with Gasteiger partial charge in [-0.2, -0.15) is 0 Å². The Balaban J connectivity index is 1.47. The summed E-state index contributed by atoms with van der Waals surface area (Å²) in [5.41, 5.74) is 1.47. The van der Waals surface area contributed by atoms with Gasteiger partial charge in [-0.3, -0.25) is 14.7 Å². The van der Waals surface area contributed by atoms with Crippen molar-refractivity contribution in [3.8, 4) is 23.0 Å². The van der Waals surface area contributed by atoms with E-state index < -0.39 is 17.9 Å². The molecule has 0 bridgehead atoms. The number of nitrogens with one attached hydrogen (secondary N) is 2. The molecular weight excluding hydrogens is 492 g/mol. The van der Waals surface area contributed by atoms with E-state index in [9.17, 15) is 24.6 Å². The fourth-order valence-corrected chi connectivity index (χ4v) is 5.03. The van der Waals surface area contributed by atoms with E-state index in [1.165, 1.54) is 36.1 Å². The van der Waals surface area contributed by atoms with E-state index in [-0.39, 0.29) is 40.7 Å². The number of phenols is 1. The normalized spacial score (nSPS) is 14.9. The Hall–Kier alpha value is -4.54. The van der Waals surface area contributed by atoms with Crippen LogP contribution in [0.1, 0.15) is 59.6 Å². The van der Waals surface area contributed by atoms with Crippen molar-refractivity contribution in [3.05, 3.63) is 69.8 Å². The molecule has 0 unspecified atom stereocenters. The lowest BCUT2D eigenvalue weighted by Gasteiger charge is -2.22. The molecule has 1 aliphatic carbocycles. The number of aliphatic carboxylic acids is 1. The number of ether oxygens (including phenoxy) is 1. The number of nitrogens with zero attached hydrogens (tertiary/aromatic N) is 2. The summed E-state index contributed by atoms with van der Waals surface area (Å²) in [6, 6.07) is 8.07. The number of methoxy groups -OCH3 is 1. The number of rotatable bonds is 8. The molecule has 1 aromatic carbocycles. The first-order valence-electron chi connectivity index (χ1n) is 12.4. The van der Waals surface area contributed by atoms with Gasteiger partial charge in [0.2, 0.25) is 0 Å². The zero-order chi connectivity index (χ0) is 26.8. The molecule has 1 amide bonds. The predicted molar refractivity (Wildman–Crippen MR) is 137 cm³/mol. The molecule has 4 N–H and O–H groups in total. The molecule has 1 atom stereocenters. The summed E-state index contributed by atoms with van der Waals surface area (Å²) in [6.45, 7) is 0. The predicted octanol–water partition coefficient (Wildman–Crippen LogP) is 3.47. The first-order valence-corrected chi connectivity index (χ1v) is 12.4. The maximum atomic E-state index is 13.6. The maximum absolute atomic E-state index is 13.6. The number of hydrogen-bond donors (Lipinski definition) is 4. The van der Waals surface area contributed by atoms with Crippen LogP contribution in [-0.4, -0.2) is 49.8 Å². The first kappa shape index (κ1) is 25.1. The number of carbonyl (C=O) groups excluding carboxylic acids is 1. The number of aromatic amines is 1. The van der Waals surface area contributed by atoms with E-state index in [0.29, 0.717) is 22.6 Å². The molecule has 11 nitrogen and oxygen atoms in total. The minimum atomic E-state index is -1.27. The van der Waals surface area contributed by atoms with Crippen molar-refractivity contribution < 1.29 is 29.0 Å². The second-order valence-corrected chi connectivity index (χ2v) is 9.43. The van der Waals surface area contributed by atoms with Gasteiger partial charge >= 0.3 is 5.97 Å². The summed E-state index contributed by atoms with van der Waals surface area (Å²) in [6.07, 6.45) is 6.37. The van der Waals surface area contributed by atoms with Crippen LogP contribution in [0.25, 0.3) is 17.1 Å². The molecule has 1 fully saturated rings. The van der Waals surface area contributed by atoms with Crippen LogP contribution in [0.2, 0.25) is 0 Å². The van der Waals surface area contributed by atoms with Gasteiger partial charge in [0.1, 0.15) is 17.4 Å². The second kappa shape index (κ2) is 10.4. The monoisotopic (exact) mass is 520 g/mol. The number of amides is 1. The number of carbonyl (C=O) groups is 2. The van der Waals surface area contributed by atoms with E-state index in [1.807, 2.05) is 0 Å². The molecule has 0 radical (unpaired) electrons. The average molecular weight is 521 g/mol. The van der Waals surface area contributed by atoms with Crippen molar-refractivity contribution in [1.29, 1.82) is 0 Å². The number of hydrogen-bond acceptors (Lipinski definition) is 7. The van der Waals surface area contributed by atoms with Crippen LogP contribution in [-0.2, 0) is 11.2 Å². The highest BCUT2D eigenvalue weighted by molar-refractivity contribution is 5.96. The summed E-state index contributed by atoms with van der Waals surface area (Å²) in [7, 11) is 1.39. The van der Waals surface area contributed by atoms with Gasteiger partial charge in [0.25, 0.3) is 11.5 Å². The van der Waals surface area contributed by atoms with Crippen molar-refractivity contribution in [2.45, 2.75) is 50.5 Å². The minimum absolute atomic E-state index is 0.00433. The van der Waals surface area contributed by atoms with E-state index in [1.54, 1.807) is 18.2 Å². The molecule has 3 heterocycles. The number of phenolic OH excluding ortho intramolecular Hbond substituents is 1. The first-order chi connectivity index (χ1) is 18.4. The number of carboxylic acids is 1. The number of fused-ring (bicyclic) bond motifs is 1. The SMILES string of the molecule is COc1cc(C[C@H](NC(=O)c2cc3nc(-c4ccco4)c(C4CCCCC4)c(=O)n3[nH]2)C(=O)O)ccc1O. The topological polar surface area (TPSA) is 159 Å². The smallest absolute Gasteiger partial charge is 0.326 e. The Kier molecular flexibility index (Phi) is 6.91. The number of furan rings is 1. The van der Waals surface area contributed by atoms with Crippen molar-refractivity contribution in [1.82, 2.24) is 19.9 Å². The number of aromatic nitrogens is 3. The van der Waals surface area contributed by atoms with Gasteiger partial charge in [-0.15, -0.1) is 0 Å². The van der Waals surface area contributed by atoms with Gasteiger partial charge in [0.15, 0.2) is 22.9 Å². The largest absolute Gasteiger partial charge is 0.504 e. The third kappa shape index (κ3) is 4.86. The van der Waals surface area contributed by atoms with E-state index in [0.717, 1.165) is 32.1 Å². The van der Waals surface area contributed by atoms with Crippen molar-refractivity contribution in [2.75, 3.05) is 7.11 Å². The van der Waals surface area contributed by atoms with Crippen molar-refractivity contribution in [3.63, 3.8) is 0 Å². The summed E-state index contributed by atoms with van der Waals surface area (Å²) in [5, 5.41) is 24.8. The quantitative estimate of drug-likeness (QED) is 0.275. The highest BCUT2D eigenvalue weighted by Gasteiger charge is 2.28. The summed E-state index contributed by atoms with van der Waals surface area (Å²) >= 11 is 0. The van der Waals surface area contributed by atoms with Gasteiger partial charge in [-0.25, -0.2) is 14.3 Å². The lowest BCUT2D eigenvalue weighted by Crippen LogP contribution is -2.42. The Morgan fingerprint density at radius 2 is 2.03 bits per heavy atom. The Bertz CT molecular complexity index is 1530. The molecule has 11 heteroatoms. The third-order valence-electron chi connectivity index (χ3n) is 6.95. The van der Waals surface area contributed by atoms with Gasteiger partial charge in [0.05, 0.1) is 18.9 Å². The van der Waals surface area contributed by atoms with Gasteiger partial charge in [-0.1, -0.05) is 25.3 Å². The highest BCUT2D eigenvalue weighted by atomic mass is 16.5. The summed E-state index contributed by atoms with van der Waals surface area (Å²) in [5.74, 6) is -1.32. The Labute approximate surface area is 217 Å². The van der Waals surface area contributed by atoms with Gasteiger partial charge in [0, 0.05) is 12.5 Å². The minimum Gasteiger partial charge on any atom is -0.504 e. The van der Waals surface area contributed by atoms with E-state index in [2.05, 4.69) is 15.4 Å². The lowest BCUT2D eigenvalue weighted by atomic mass is 9.83. The zero-order valence-corrected chi connectivity index (χ0v) is 20.8. The van der Waals surface area contributed by atoms with Crippen LogP contribution in [0.3, 0.4) is 0 Å². The van der Waals surface area contributed by atoms with Crippen molar-refractivity contribution in [2.24, 2.45) is 0 Å². The molecule has 0 spiro atoms. The number of benzene rings is 1. The molecule has 1 aliphatic rings. The summed E-state index contributed by atoms with van der Waals surface area (Å²) < 4.78 is 11.9. The van der Waals surface area contributed by atoms with Crippen LogP contribution in [0.5, 0.6) is 11.5 Å². The molecule has 5 rings (SSSR count). The van der Waals surface area contributed by atoms with Crippen LogP contribution in [0.15, 0.2) is 51.9 Å². The summed E-state index contributed by atoms with van der Waals surface area (Å²) in [4.78, 5) is 43.3. The van der Waals surface area contributed by atoms with Gasteiger partial charge < -0.3 is 24.7 Å². The zero-order valence-electron chi connectivity index (χ0n) is 20.8. The van der Waals surface area contributed by atoms with Crippen molar-refractivity contribution >= 4 is 17.5 Å². The van der Waals surface area contributed by atoms with E-state index >= 15 is 0 Å². The molecule has 38 heavy (non-hydrogen) atoms. The molecule has 4 aromatic rings. The Morgan fingerprint density at radius 1 is 1.24 bits per heavy atom. The standard InChI is InChI=1S/C27H28N4O7/c1-37-21-13-15(9-10-19(21)32)12-18(27(35)36)28-25(33)17-14-22-29-24(20-8-5-11-38-20)23(26(34)31(22)30-17)16-6-3-2-4-7-16/h5,8-11,13-14,16,18,30,32H,2-4,6-7,12H2,1H3,(H,28,33)(H,35,36)/t18-/m0/s1. The highest BCUT2D eigenvalue weighted by Crippen LogP contribution is 2.36. The second-order valence-electron chi connectivity index (χ2n) is 9.43. The Morgan fingerprint density at radius 3 is 2.71 bits per heavy atom. The molecule has 3 aromatic heterocycles. The number of aromatic hydroxyl groups is 1. The fraction of sp³-hybridized carbons (Fsp3) is 0.333. The molecule has 1 saturated carbocycles. The number of carboxylic acid groups (broad SMARTS) is 1. The third-order valence-corrected chi connectivity index (χ3v) is 6.95. The average Bonchev–Trinajstić information content (AvgIpc) is 3.60. The lowest BCUT2D eigenvalue weighted by molar-refractivity contribution is -0.139. The molecule has 0 aliphatic heterocycles. The van der Waals surface area contributed by atoms with Crippen LogP contribution < -0.4 is 15.6 Å². The van der Waals surface area contributed by atoms with Crippen LogP contribution in [0, 0.1) is 0 Å². The van der Waals surface area contributed by atoms with Crippen LogP contribution >= 0.6 is 0 Å². The fourth-order valence-electron chi connectivity index (χ4n) is 5.03. The molecule has 198 valence electrons. The molecular formula is C27H28N4O7. The van der Waals surface area contributed by atoms with Crippen LogP contribution in [0.4, 0.5) is 0 Å². The maximum Gasteiger partial charge on any atom is 0.326 e. The van der Waals surface area contributed by atoms with E-state index in [4.69, 9.17) is 9.15 Å². The molecule has 0 saturated heterocycles.